The molecule has 0 saturated heterocycles. The van der Waals surface area contributed by atoms with Crippen molar-refractivity contribution in [3.05, 3.63) is 70.8 Å². The Labute approximate surface area is 183 Å². The zero-order chi connectivity index (χ0) is 20.9. The second-order valence-corrected chi connectivity index (χ2v) is 9.75. The molecule has 3 nitrogen and oxygen atoms in total. The summed E-state index contributed by atoms with van der Waals surface area (Å²) in [7, 11) is 2.08. The van der Waals surface area contributed by atoms with Crippen LogP contribution in [0.1, 0.15) is 62.8 Å². The Morgan fingerprint density at radius 2 is 1.57 bits per heavy atom. The summed E-state index contributed by atoms with van der Waals surface area (Å²) < 4.78 is 0.328. The molecule has 2 rings (SSSR count). The summed E-state index contributed by atoms with van der Waals surface area (Å²) in [5.41, 5.74) is 4.48. The second-order valence-electron chi connectivity index (χ2n) is 8.31. The molecule has 2 aromatic carbocycles. The Balaban J connectivity index is 2.44. The lowest BCUT2D eigenvalue weighted by molar-refractivity contribution is 0.465. The molecule has 0 spiro atoms. The molecular weight excluding hydrogens is 457 g/mol. The number of hydrogen-bond donors (Lipinski definition) is 1. The Morgan fingerprint density at radius 3 is 2.07 bits per heavy atom. The Hall–Kier alpha value is -1.69. The molecule has 150 valence electrons. The number of nitrogens with zero attached hydrogens (tertiary/aromatic N) is 2. The number of nitrogens with one attached hydrogen (secondary N) is 1. The highest BCUT2D eigenvalue weighted by Gasteiger charge is 2.19. The molecular formula is C24H32IN3. The van der Waals surface area contributed by atoms with Gasteiger partial charge in [0.1, 0.15) is 5.84 Å². The van der Waals surface area contributed by atoms with Gasteiger partial charge in [-0.25, -0.2) is 4.99 Å². The summed E-state index contributed by atoms with van der Waals surface area (Å²) in [5, 5.41) is 8.54. The lowest BCUT2D eigenvalue weighted by Gasteiger charge is -2.27. The molecule has 28 heavy (non-hydrogen) atoms. The third-order valence-electron chi connectivity index (χ3n) is 4.83. The van der Waals surface area contributed by atoms with Crippen LogP contribution in [0.5, 0.6) is 0 Å². The van der Waals surface area contributed by atoms with Crippen LogP contribution in [0.3, 0.4) is 0 Å². The normalized spacial score (nSPS) is 13.3. The van der Waals surface area contributed by atoms with Gasteiger partial charge in [0.15, 0.2) is 5.84 Å². The first kappa shape index (κ1) is 22.6. The van der Waals surface area contributed by atoms with Crippen molar-refractivity contribution in [1.29, 1.82) is 5.41 Å². The van der Waals surface area contributed by atoms with Gasteiger partial charge in [0.2, 0.25) is 0 Å². The van der Waals surface area contributed by atoms with Crippen molar-refractivity contribution in [2.45, 2.75) is 56.9 Å². The molecule has 0 saturated carbocycles. The first-order valence-corrected chi connectivity index (χ1v) is 11.1. The molecule has 4 heteroatoms. The number of aliphatic imine (C=N–C) groups is 1. The maximum absolute atomic E-state index is 8.54. The molecule has 0 bridgehead atoms. The van der Waals surface area contributed by atoms with Gasteiger partial charge in [-0.3, -0.25) is 5.41 Å². The van der Waals surface area contributed by atoms with Gasteiger partial charge in [-0.05, 0) is 24.3 Å². The number of amidine groups is 2. The maximum Gasteiger partial charge on any atom is 0.154 e. The van der Waals surface area contributed by atoms with E-state index in [2.05, 4.69) is 93.4 Å². The summed E-state index contributed by atoms with van der Waals surface area (Å²) in [4.78, 5) is 6.96. The molecule has 2 aromatic rings. The lowest BCUT2D eigenvalue weighted by Crippen LogP contribution is -2.34. The van der Waals surface area contributed by atoms with Gasteiger partial charge < -0.3 is 4.90 Å². The molecule has 0 radical (unpaired) electrons. The lowest BCUT2D eigenvalue weighted by atomic mass is 9.86. The van der Waals surface area contributed by atoms with E-state index >= 15 is 0 Å². The van der Waals surface area contributed by atoms with Crippen molar-refractivity contribution in [3.63, 3.8) is 0 Å². The van der Waals surface area contributed by atoms with Crippen molar-refractivity contribution in [3.8, 4) is 0 Å². The quantitative estimate of drug-likeness (QED) is 0.167. The fraction of sp³-hybridized carbons (Fsp3) is 0.417. The zero-order valence-electron chi connectivity index (χ0n) is 17.9. The SMILES string of the molecule is CCCC(I)N(C)/C(=N/C(=N)c1ccc(C)cc1)c1ccc(C(C)(C)C)cc1. The van der Waals surface area contributed by atoms with Gasteiger partial charge >= 0.3 is 0 Å². The van der Waals surface area contributed by atoms with Gasteiger partial charge in [-0.1, -0.05) is 111 Å². The number of halogens is 1. The van der Waals surface area contributed by atoms with Crippen LogP contribution in [0.4, 0.5) is 0 Å². The topological polar surface area (TPSA) is 39.5 Å². The van der Waals surface area contributed by atoms with E-state index in [9.17, 15) is 0 Å². The zero-order valence-corrected chi connectivity index (χ0v) is 20.0. The van der Waals surface area contributed by atoms with Crippen LogP contribution in [0, 0.1) is 12.3 Å². The maximum atomic E-state index is 8.54. The molecule has 0 aliphatic rings. The summed E-state index contributed by atoms with van der Waals surface area (Å²) in [6.45, 7) is 10.9. The van der Waals surface area contributed by atoms with Gasteiger partial charge in [0.05, 0.1) is 4.05 Å². The largest absolute Gasteiger partial charge is 0.347 e. The summed E-state index contributed by atoms with van der Waals surface area (Å²) in [6.07, 6.45) is 2.19. The molecule has 0 fully saturated rings. The number of hydrogen-bond acceptors (Lipinski definition) is 1. The molecule has 0 heterocycles. The first-order chi connectivity index (χ1) is 13.1. The number of rotatable bonds is 5. The van der Waals surface area contributed by atoms with Crippen LogP contribution in [0.25, 0.3) is 0 Å². The van der Waals surface area contributed by atoms with Crippen molar-refractivity contribution >= 4 is 34.3 Å². The summed E-state index contributed by atoms with van der Waals surface area (Å²) in [5.74, 6) is 1.14. The van der Waals surface area contributed by atoms with E-state index in [1.807, 2.05) is 24.3 Å². The van der Waals surface area contributed by atoms with Gasteiger partial charge in [0, 0.05) is 18.2 Å². The Bertz CT molecular complexity index is 814. The van der Waals surface area contributed by atoms with Gasteiger partial charge in [-0.2, -0.15) is 0 Å². The van der Waals surface area contributed by atoms with E-state index in [1.165, 1.54) is 11.1 Å². The van der Waals surface area contributed by atoms with Crippen LogP contribution in [0.2, 0.25) is 0 Å². The van der Waals surface area contributed by atoms with Crippen molar-refractivity contribution < 1.29 is 0 Å². The van der Waals surface area contributed by atoms with Gasteiger partial charge in [0.25, 0.3) is 0 Å². The van der Waals surface area contributed by atoms with Crippen molar-refractivity contribution in [1.82, 2.24) is 4.90 Å². The Kier molecular flexibility index (Phi) is 7.81. The van der Waals surface area contributed by atoms with E-state index in [-0.39, 0.29) is 5.41 Å². The van der Waals surface area contributed by atoms with Crippen LogP contribution in [-0.4, -0.2) is 27.7 Å². The van der Waals surface area contributed by atoms with Crippen molar-refractivity contribution in [2.75, 3.05) is 7.05 Å². The minimum Gasteiger partial charge on any atom is -0.347 e. The van der Waals surface area contributed by atoms with Crippen molar-refractivity contribution in [2.24, 2.45) is 4.99 Å². The highest BCUT2D eigenvalue weighted by atomic mass is 127. The highest BCUT2D eigenvalue weighted by molar-refractivity contribution is 14.1. The first-order valence-electron chi connectivity index (χ1n) is 9.85. The summed E-state index contributed by atoms with van der Waals surface area (Å²) >= 11 is 2.47. The van der Waals surface area contributed by atoms with Crippen LogP contribution in [0.15, 0.2) is 53.5 Å². The molecule has 1 unspecified atom stereocenters. The summed E-state index contributed by atoms with van der Waals surface area (Å²) in [6, 6.07) is 16.6. The monoisotopic (exact) mass is 489 g/mol. The van der Waals surface area contributed by atoms with E-state index in [1.54, 1.807) is 0 Å². The number of alkyl halides is 1. The van der Waals surface area contributed by atoms with E-state index < -0.39 is 0 Å². The predicted octanol–water partition coefficient (Wildman–Crippen LogP) is 6.56. The molecule has 0 aliphatic carbocycles. The third kappa shape index (κ3) is 5.90. The Morgan fingerprint density at radius 1 is 1.04 bits per heavy atom. The fourth-order valence-electron chi connectivity index (χ4n) is 2.91. The fourth-order valence-corrected chi connectivity index (χ4v) is 3.80. The van der Waals surface area contributed by atoms with E-state index in [0.29, 0.717) is 9.88 Å². The average Bonchev–Trinajstić information content (AvgIpc) is 2.65. The number of benzene rings is 2. The standard InChI is InChI=1S/C24H32IN3/c1-7-8-21(25)28(6)23(19-13-15-20(16-14-19)24(3,4)5)27-22(26)18-11-9-17(2)10-12-18/h9-16,21,26H,7-8H2,1-6H3/b26-22?,27-23+. The van der Waals surface area contributed by atoms with Crippen LogP contribution in [-0.2, 0) is 5.41 Å². The minimum absolute atomic E-state index is 0.115. The van der Waals surface area contributed by atoms with Crippen LogP contribution >= 0.6 is 22.6 Å². The van der Waals surface area contributed by atoms with E-state index in [4.69, 9.17) is 10.4 Å². The average molecular weight is 489 g/mol. The molecule has 0 aliphatic heterocycles. The predicted molar refractivity (Wildman–Crippen MR) is 130 cm³/mol. The molecule has 0 aromatic heterocycles. The minimum atomic E-state index is 0.115. The van der Waals surface area contributed by atoms with Crippen LogP contribution < -0.4 is 0 Å². The molecule has 1 N–H and O–H groups in total. The highest BCUT2D eigenvalue weighted by Crippen LogP contribution is 2.24. The number of aryl methyl sites for hydroxylation is 1. The second kappa shape index (κ2) is 9.68. The van der Waals surface area contributed by atoms with E-state index in [0.717, 1.165) is 29.8 Å². The smallest absolute Gasteiger partial charge is 0.154 e. The third-order valence-corrected chi connectivity index (χ3v) is 6.29. The molecule has 1 atom stereocenters. The molecule has 0 amide bonds. The van der Waals surface area contributed by atoms with Gasteiger partial charge in [-0.15, -0.1) is 0 Å².